The van der Waals surface area contributed by atoms with Crippen molar-refractivity contribution >= 4 is 23.4 Å². The first kappa shape index (κ1) is 19.2. The molecule has 0 fully saturated rings. The quantitative estimate of drug-likeness (QED) is 0.615. The average Bonchev–Trinajstić information content (AvgIpc) is 3.34. The standard InChI is InChI=1S/C19H16F2N4O3S/c1-2-25-18(11-6-7-14-15(8-11)28-10-27-14)23-24-19(25)29-9-16(26)22-17-12(20)4-3-5-13(17)21/h3-8H,2,9-10H2,1H3,(H,22,26). The predicted molar refractivity (Wildman–Crippen MR) is 103 cm³/mol. The van der Waals surface area contributed by atoms with E-state index < -0.39 is 23.2 Å². The van der Waals surface area contributed by atoms with E-state index in [1.165, 1.54) is 6.07 Å². The molecule has 0 spiro atoms. The highest BCUT2D eigenvalue weighted by Gasteiger charge is 2.19. The van der Waals surface area contributed by atoms with Crippen LogP contribution in [0.15, 0.2) is 41.6 Å². The van der Waals surface area contributed by atoms with E-state index in [1.54, 1.807) is 6.07 Å². The molecule has 3 aromatic rings. The lowest BCUT2D eigenvalue weighted by Crippen LogP contribution is -2.16. The number of halogens is 2. The Morgan fingerprint density at radius 3 is 2.69 bits per heavy atom. The maximum absolute atomic E-state index is 13.7. The Hall–Kier alpha value is -3.14. The first-order valence-electron chi connectivity index (χ1n) is 8.76. The van der Waals surface area contributed by atoms with Gasteiger partial charge in [0.25, 0.3) is 0 Å². The maximum atomic E-state index is 13.7. The van der Waals surface area contributed by atoms with Gasteiger partial charge in [-0.2, -0.15) is 0 Å². The molecular formula is C19H16F2N4O3S. The number of hydrogen-bond donors (Lipinski definition) is 1. The largest absolute Gasteiger partial charge is 0.454 e. The number of carbonyl (C=O) groups excluding carboxylic acids is 1. The highest BCUT2D eigenvalue weighted by atomic mass is 32.2. The maximum Gasteiger partial charge on any atom is 0.235 e. The van der Waals surface area contributed by atoms with Gasteiger partial charge in [-0.1, -0.05) is 17.8 Å². The molecular weight excluding hydrogens is 402 g/mol. The fourth-order valence-corrected chi connectivity index (χ4v) is 3.65. The van der Waals surface area contributed by atoms with Crippen LogP contribution in [-0.2, 0) is 11.3 Å². The van der Waals surface area contributed by atoms with Gasteiger partial charge in [-0.25, -0.2) is 8.78 Å². The van der Waals surface area contributed by atoms with Crippen LogP contribution in [0.5, 0.6) is 11.5 Å². The van der Waals surface area contributed by atoms with E-state index in [2.05, 4.69) is 15.5 Å². The molecule has 0 saturated carbocycles. The van der Waals surface area contributed by atoms with Crippen molar-refractivity contribution < 1.29 is 23.0 Å². The lowest BCUT2D eigenvalue weighted by atomic mass is 10.2. The molecule has 1 aromatic heterocycles. The molecule has 2 heterocycles. The molecule has 29 heavy (non-hydrogen) atoms. The second-order valence-corrected chi connectivity index (χ2v) is 6.99. The SMILES string of the molecule is CCn1c(SCC(=O)Nc2c(F)cccc2F)nnc1-c1ccc2c(c1)OCO2. The Kier molecular flexibility index (Phi) is 5.34. The van der Waals surface area contributed by atoms with Crippen LogP contribution in [0.2, 0.25) is 0 Å². The molecule has 7 nitrogen and oxygen atoms in total. The number of aromatic nitrogens is 3. The molecule has 150 valence electrons. The third-order valence-electron chi connectivity index (χ3n) is 4.22. The van der Waals surface area contributed by atoms with Gasteiger partial charge in [0.15, 0.2) is 22.5 Å². The van der Waals surface area contributed by atoms with Crippen LogP contribution in [0.3, 0.4) is 0 Å². The summed E-state index contributed by atoms with van der Waals surface area (Å²) in [7, 11) is 0. The van der Waals surface area contributed by atoms with Crippen molar-refractivity contribution in [1.82, 2.24) is 14.8 Å². The predicted octanol–water partition coefficient (Wildman–Crippen LogP) is 3.70. The van der Waals surface area contributed by atoms with Crippen LogP contribution in [0.4, 0.5) is 14.5 Å². The molecule has 0 saturated heterocycles. The molecule has 0 bridgehead atoms. The van der Waals surface area contributed by atoms with Crippen molar-refractivity contribution in [3.63, 3.8) is 0 Å². The molecule has 0 atom stereocenters. The summed E-state index contributed by atoms with van der Waals surface area (Å²) in [5.41, 5.74) is 0.337. The summed E-state index contributed by atoms with van der Waals surface area (Å²) >= 11 is 1.13. The van der Waals surface area contributed by atoms with Crippen molar-refractivity contribution in [2.24, 2.45) is 0 Å². The minimum Gasteiger partial charge on any atom is -0.454 e. The molecule has 1 aliphatic rings. The number of thioether (sulfide) groups is 1. The number of ether oxygens (including phenoxy) is 2. The van der Waals surface area contributed by atoms with Crippen LogP contribution >= 0.6 is 11.8 Å². The van der Waals surface area contributed by atoms with E-state index in [-0.39, 0.29) is 12.5 Å². The molecule has 1 aliphatic heterocycles. The highest BCUT2D eigenvalue weighted by molar-refractivity contribution is 7.99. The molecule has 0 aliphatic carbocycles. The minimum atomic E-state index is -0.829. The van der Waals surface area contributed by atoms with E-state index in [0.29, 0.717) is 29.0 Å². The van der Waals surface area contributed by atoms with Gasteiger partial charge >= 0.3 is 0 Å². The zero-order valence-electron chi connectivity index (χ0n) is 15.3. The van der Waals surface area contributed by atoms with Gasteiger partial charge in [0, 0.05) is 12.1 Å². The number of nitrogens with one attached hydrogen (secondary N) is 1. The summed E-state index contributed by atoms with van der Waals surface area (Å²) in [6.07, 6.45) is 0. The average molecular weight is 418 g/mol. The summed E-state index contributed by atoms with van der Waals surface area (Å²) in [5, 5.41) is 11.1. The number of amides is 1. The zero-order chi connectivity index (χ0) is 20.4. The summed E-state index contributed by atoms with van der Waals surface area (Å²) in [6.45, 7) is 2.68. The number of anilines is 1. The Morgan fingerprint density at radius 1 is 1.17 bits per heavy atom. The van der Waals surface area contributed by atoms with E-state index in [9.17, 15) is 13.6 Å². The molecule has 10 heteroatoms. The Balaban J connectivity index is 1.48. The van der Waals surface area contributed by atoms with Gasteiger partial charge in [-0.15, -0.1) is 10.2 Å². The van der Waals surface area contributed by atoms with Crippen molar-refractivity contribution in [3.8, 4) is 22.9 Å². The van der Waals surface area contributed by atoms with Crippen molar-refractivity contribution in [2.75, 3.05) is 17.9 Å². The number of para-hydroxylation sites is 1. The first-order chi connectivity index (χ1) is 14.1. The fourth-order valence-electron chi connectivity index (χ4n) is 2.85. The van der Waals surface area contributed by atoms with Crippen LogP contribution in [0.25, 0.3) is 11.4 Å². The summed E-state index contributed by atoms with van der Waals surface area (Å²) in [6, 6.07) is 8.87. The summed E-state index contributed by atoms with van der Waals surface area (Å²) in [5.74, 6) is -0.359. The Bertz CT molecular complexity index is 1050. The second kappa shape index (κ2) is 8.08. The van der Waals surface area contributed by atoms with E-state index in [1.807, 2.05) is 23.6 Å². The minimum absolute atomic E-state index is 0.0763. The monoisotopic (exact) mass is 418 g/mol. The highest BCUT2D eigenvalue weighted by Crippen LogP contribution is 2.36. The van der Waals surface area contributed by atoms with Crippen LogP contribution in [0.1, 0.15) is 6.92 Å². The molecule has 1 N–H and O–H groups in total. The molecule has 2 aromatic carbocycles. The van der Waals surface area contributed by atoms with Crippen LogP contribution in [-0.4, -0.2) is 33.2 Å². The van der Waals surface area contributed by atoms with Crippen molar-refractivity contribution in [1.29, 1.82) is 0 Å². The molecule has 0 unspecified atom stereocenters. The van der Waals surface area contributed by atoms with Gasteiger partial charge in [0.1, 0.15) is 17.3 Å². The molecule has 4 rings (SSSR count). The number of hydrogen-bond acceptors (Lipinski definition) is 6. The number of benzene rings is 2. The Labute approximate surface area is 169 Å². The van der Waals surface area contributed by atoms with E-state index in [0.717, 1.165) is 29.5 Å². The lowest BCUT2D eigenvalue weighted by Gasteiger charge is -2.09. The summed E-state index contributed by atoms with van der Waals surface area (Å²) < 4.78 is 39.9. The van der Waals surface area contributed by atoms with Crippen molar-refractivity contribution in [3.05, 3.63) is 48.0 Å². The summed E-state index contributed by atoms with van der Waals surface area (Å²) in [4.78, 5) is 12.1. The third-order valence-corrected chi connectivity index (χ3v) is 5.19. The van der Waals surface area contributed by atoms with Gasteiger partial charge in [-0.05, 0) is 37.3 Å². The fraction of sp³-hybridized carbons (Fsp3) is 0.211. The normalized spacial score (nSPS) is 12.2. The van der Waals surface area contributed by atoms with Crippen LogP contribution in [0, 0.1) is 11.6 Å². The topological polar surface area (TPSA) is 78.3 Å². The number of carbonyl (C=O) groups is 1. The number of fused-ring (bicyclic) bond motifs is 1. The number of nitrogens with zero attached hydrogens (tertiary/aromatic N) is 3. The second-order valence-electron chi connectivity index (χ2n) is 6.05. The van der Waals surface area contributed by atoms with E-state index >= 15 is 0 Å². The van der Waals surface area contributed by atoms with E-state index in [4.69, 9.17) is 9.47 Å². The third kappa shape index (κ3) is 3.88. The Morgan fingerprint density at radius 2 is 1.93 bits per heavy atom. The van der Waals surface area contributed by atoms with Gasteiger partial charge < -0.3 is 19.4 Å². The van der Waals surface area contributed by atoms with Gasteiger partial charge in [-0.3, -0.25) is 4.79 Å². The number of rotatable bonds is 6. The van der Waals surface area contributed by atoms with Gasteiger partial charge in [0.05, 0.1) is 5.75 Å². The first-order valence-corrected chi connectivity index (χ1v) is 9.75. The van der Waals surface area contributed by atoms with Gasteiger partial charge in [0.2, 0.25) is 12.7 Å². The molecule has 1 amide bonds. The molecule has 0 radical (unpaired) electrons. The lowest BCUT2D eigenvalue weighted by molar-refractivity contribution is -0.113. The van der Waals surface area contributed by atoms with Crippen molar-refractivity contribution in [2.45, 2.75) is 18.6 Å². The zero-order valence-corrected chi connectivity index (χ0v) is 16.1. The smallest absolute Gasteiger partial charge is 0.235 e. The van der Waals surface area contributed by atoms with Crippen LogP contribution < -0.4 is 14.8 Å².